The molecule has 0 amide bonds. The van der Waals surface area contributed by atoms with Gasteiger partial charge in [-0.05, 0) is 12.1 Å². The maximum atomic E-state index is 12.5. The van der Waals surface area contributed by atoms with Crippen LogP contribution in [-0.4, -0.2) is 19.8 Å². The first kappa shape index (κ1) is 17.6. The van der Waals surface area contributed by atoms with Gasteiger partial charge in [0.15, 0.2) is 5.78 Å². The van der Waals surface area contributed by atoms with E-state index >= 15 is 0 Å². The lowest BCUT2D eigenvalue weighted by atomic mass is 10.1. The quantitative estimate of drug-likeness (QED) is 0.423. The summed E-state index contributed by atoms with van der Waals surface area (Å²) < 4.78 is 3.07. The zero-order valence-electron chi connectivity index (χ0n) is 13.8. The third kappa shape index (κ3) is 3.43. The van der Waals surface area contributed by atoms with Crippen LogP contribution >= 0.6 is 11.6 Å². The summed E-state index contributed by atoms with van der Waals surface area (Å²) in [4.78, 5) is 23.0. The van der Waals surface area contributed by atoms with Crippen LogP contribution in [0.5, 0.6) is 0 Å². The molecular weight excluding hydrogens is 356 g/mol. The van der Waals surface area contributed by atoms with Crippen LogP contribution in [0.1, 0.15) is 10.4 Å². The van der Waals surface area contributed by atoms with Gasteiger partial charge in [0, 0.05) is 41.5 Å². The average Bonchev–Trinajstić information content (AvgIpc) is 2.90. The highest BCUT2D eigenvalue weighted by Gasteiger charge is 2.14. The lowest BCUT2D eigenvalue weighted by Gasteiger charge is -2.02. The van der Waals surface area contributed by atoms with E-state index in [-0.39, 0.29) is 23.6 Å². The van der Waals surface area contributed by atoms with Gasteiger partial charge in [-0.1, -0.05) is 35.9 Å². The molecule has 2 aromatic carbocycles. The van der Waals surface area contributed by atoms with Crippen molar-refractivity contribution in [1.29, 1.82) is 5.41 Å². The molecule has 0 aliphatic rings. The first-order chi connectivity index (χ1) is 12.4. The number of ketones is 1. The fourth-order valence-corrected chi connectivity index (χ4v) is 2.87. The minimum atomic E-state index is -0.467. The van der Waals surface area contributed by atoms with E-state index in [0.717, 1.165) is 0 Å². The Bertz CT molecular complexity index is 1070. The summed E-state index contributed by atoms with van der Waals surface area (Å²) in [5.74, 6) is -0.179. The Morgan fingerprint density at radius 3 is 2.65 bits per heavy atom. The molecule has 0 radical (unpaired) electrons. The lowest BCUT2D eigenvalue weighted by molar-refractivity contribution is -0.384. The molecule has 0 bridgehead atoms. The first-order valence-corrected chi connectivity index (χ1v) is 8.09. The van der Waals surface area contributed by atoms with E-state index in [4.69, 9.17) is 17.0 Å². The van der Waals surface area contributed by atoms with Gasteiger partial charge in [0.05, 0.1) is 17.2 Å². The van der Waals surface area contributed by atoms with Gasteiger partial charge in [-0.3, -0.25) is 20.3 Å². The van der Waals surface area contributed by atoms with Gasteiger partial charge in [-0.15, -0.1) is 0 Å². The predicted octanol–water partition coefficient (Wildman–Crippen LogP) is 3.42. The van der Waals surface area contributed by atoms with Gasteiger partial charge in [0.1, 0.15) is 0 Å². The third-order valence-corrected chi connectivity index (χ3v) is 4.28. The second-order valence-electron chi connectivity index (χ2n) is 5.77. The van der Waals surface area contributed by atoms with Gasteiger partial charge < -0.3 is 9.13 Å². The summed E-state index contributed by atoms with van der Waals surface area (Å²) >= 11 is 5.92. The smallest absolute Gasteiger partial charge is 0.270 e. The summed E-state index contributed by atoms with van der Waals surface area (Å²) in [5.41, 5.74) is 1.76. The van der Waals surface area contributed by atoms with Crippen molar-refractivity contribution < 1.29 is 9.72 Å². The number of carbonyl (C=O) groups excluding carboxylic acids is 1. The molecule has 0 saturated carbocycles. The number of aromatic nitrogens is 2. The molecule has 3 rings (SSSR count). The van der Waals surface area contributed by atoms with Crippen LogP contribution in [0.4, 0.5) is 5.69 Å². The standard InChI is InChI=1S/C18H15ClN4O3/c1-21-16(12-4-3-7-15(9-12)23(25)26)10-22(18(21)20)11-17(24)13-5-2-6-14(19)8-13/h2-10,20H,11H2,1H3. The van der Waals surface area contributed by atoms with Crippen molar-refractivity contribution in [3.8, 4) is 11.3 Å². The molecule has 132 valence electrons. The number of nitro benzene ring substituents is 1. The van der Waals surface area contributed by atoms with Crippen LogP contribution in [0, 0.1) is 15.5 Å². The van der Waals surface area contributed by atoms with E-state index in [1.54, 1.807) is 54.2 Å². The van der Waals surface area contributed by atoms with Crippen LogP contribution in [0.2, 0.25) is 5.02 Å². The number of nitrogens with zero attached hydrogens (tertiary/aromatic N) is 3. The van der Waals surface area contributed by atoms with Crippen LogP contribution < -0.4 is 5.62 Å². The summed E-state index contributed by atoms with van der Waals surface area (Å²) in [6.45, 7) is -0.0259. The number of benzene rings is 2. The minimum absolute atomic E-state index is 0.0259. The topological polar surface area (TPSA) is 93.9 Å². The van der Waals surface area contributed by atoms with Crippen LogP contribution in [0.25, 0.3) is 11.3 Å². The molecule has 0 spiro atoms. The number of non-ortho nitro benzene ring substituents is 1. The average molecular weight is 371 g/mol. The molecule has 0 unspecified atom stereocenters. The first-order valence-electron chi connectivity index (χ1n) is 7.71. The van der Waals surface area contributed by atoms with E-state index < -0.39 is 4.92 Å². The molecular formula is C18H15ClN4O3. The van der Waals surface area contributed by atoms with Gasteiger partial charge in [0.25, 0.3) is 5.69 Å². The highest BCUT2D eigenvalue weighted by Crippen LogP contribution is 2.23. The molecule has 0 atom stereocenters. The second kappa shape index (κ2) is 6.97. The third-order valence-electron chi connectivity index (χ3n) is 4.04. The monoisotopic (exact) mass is 370 g/mol. The van der Waals surface area contributed by atoms with Crippen LogP contribution in [0.3, 0.4) is 0 Å². The molecule has 0 saturated heterocycles. The summed E-state index contributed by atoms with van der Waals surface area (Å²) in [6.07, 6.45) is 1.64. The number of nitrogens with one attached hydrogen (secondary N) is 1. The normalized spacial score (nSPS) is 10.7. The molecule has 0 aliphatic carbocycles. The molecule has 0 fully saturated rings. The Morgan fingerprint density at radius 2 is 1.96 bits per heavy atom. The molecule has 8 heteroatoms. The van der Waals surface area contributed by atoms with Crippen LogP contribution in [-0.2, 0) is 13.6 Å². The molecule has 0 aliphatic heterocycles. The van der Waals surface area contributed by atoms with E-state index in [9.17, 15) is 14.9 Å². The second-order valence-corrected chi connectivity index (χ2v) is 6.20. The van der Waals surface area contributed by atoms with Gasteiger partial charge in [-0.2, -0.15) is 0 Å². The van der Waals surface area contributed by atoms with Crippen molar-refractivity contribution in [2.24, 2.45) is 7.05 Å². The van der Waals surface area contributed by atoms with Crippen molar-refractivity contribution in [2.45, 2.75) is 6.54 Å². The zero-order valence-corrected chi connectivity index (χ0v) is 14.6. The summed E-state index contributed by atoms with van der Waals surface area (Å²) in [7, 11) is 1.68. The van der Waals surface area contributed by atoms with E-state index in [2.05, 4.69) is 0 Å². The van der Waals surface area contributed by atoms with E-state index in [1.165, 1.54) is 16.7 Å². The van der Waals surface area contributed by atoms with Crippen molar-refractivity contribution >= 4 is 23.1 Å². The number of rotatable bonds is 5. The Morgan fingerprint density at radius 1 is 1.23 bits per heavy atom. The van der Waals surface area contributed by atoms with E-state index in [1.807, 2.05) is 0 Å². The Labute approximate surface area is 153 Å². The maximum absolute atomic E-state index is 12.5. The SMILES string of the molecule is Cn1c(-c2cccc([N+](=O)[O-])c2)cn(CC(=O)c2cccc(Cl)c2)c1=N. The van der Waals surface area contributed by atoms with Crippen molar-refractivity contribution in [1.82, 2.24) is 9.13 Å². The van der Waals surface area contributed by atoms with Gasteiger partial charge in [0.2, 0.25) is 5.62 Å². The fourth-order valence-electron chi connectivity index (χ4n) is 2.68. The van der Waals surface area contributed by atoms with Gasteiger partial charge in [-0.25, -0.2) is 0 Å². The number of Topliss-reactive ketones (excluding diaryl/α,β-unsaturated/α-hetero) is 1. The number of carbonyl (C=O) groups is 1. The summed E-state index contributed by atoms with van der Waals surface area (Å²) in [6, 6.07) is 12.8. The van der Waals surface area contributed by atoms with Crippen molar-refractivity contribution in [3.63, 3.8) is 0 Å². The number of nitro groups is 1. The maximum Gasteiger partial charge on any atom is 0.270 e. The lowest BCUT2D eigenvalue weighted by Crippen LogP contribution is -2.25. The molecule has 7 nitrogen and oxygen atoms in total. The number of imidazole rings is 1. The fraction of sp³-hybridized carbons (Fsp3) is 0.111. The zero-order chi connectivity index (χ0) is 18.8. The number of hydrogen-bond donors (Lipinski definition) is 1. The Kier molecular flexibility index (Phi) is 4.73. The summed E-state index contributed by atoms with van der Waals surface area (Å²) in [5, 5.41) is 19.7. The van der Waals surface area contributed by atoms with E-state index in [0.29, 0.717) is 21.8 Å². The predicted molar refractivity (Wildman–Crippen MR) is 97.1 cm³/mol. The number of hydrogen-bond acceptors (Lipinski definition) is 4. The Hall–Kier alpha value is -3.19. The molecule has 1 N–H and O–H groups in total. The number of halogens is 1. The Balaban J connectivity index is 1.95. The molecule has 3 aromatic rings. The molecule has 1 heterocycles. The largest absolute Gasteiger partial charge is 0.314 e. The highest BCUT2D eigenvalue weighted by molar-refractivity contribution is 6.31. The highest BCUT2D eigenvalue weighted by atomic mass is 35.5. The van der Waals surface area contributed by atoms with Crippen molar-refractivity contribution in [3.05, 3.63) is 81.0 Å². The van der Waals surface area contributed by atoms with Gasteiger partial charge >= 0.3 is 0 Å². The minimum Gasteiger partial charge on any atom is -0.314 e. The van der Waals surface area contributed by atoms with Crippen molar-refractivity contribution in [2.75, 3.05) is 0 Å². The van der Waals surface area contributed by atoms with Crippen LogP contribution in [0.15, 0.2) is 54.7 Å². The molecule has 1 aromatic heterocycles. The molecule has 26 heavy (non-hydrogen) atoms.